The van der Waals surface area contributed by atoms with Crippen LogP contribution in [0.5, 0.6) is 5.75 Å². The minimum Gasteiger partial charge on any atom is -0.494 e. The molecule has 0 aliphatic carbocycles. The van der Waals surface area contributed by atoms with Gasteiger partial charge in [0.1, 0.15) is 0 Å². The first-order chi connectivity index (χ1) is 6.77. The van der Waals surface area contributed by atoms with Crippen molar-refractivity contribution in [1.29, 1.82) is 0 Å². The van der Waals surface area contributed by atoms with Gasteiger partial charge in [-0.3, -0.25) is 0 Å². The zero-order chi connectivity index (χ0) is 10.1. The maximum Gasteiger partial charge on any atom is 0.189 e. The second-order valence-electron chi connectivity index (χ2n) is 2.95. The highest BCUT2D eigenvalue weighted by Crippen LogP contribution is 2.28. The number of hydrogen-bond donors (Lipinski definition) is 1. The molecule has 0 fully saturated rings. The molecule has 0 atom stereocenters. The molecule has 0 bridgehead atoms. The van der Waals surface area contributed by atoms with Crippen molar-refractivity contribution in [2.45, 2.75) is 5.88 Å². The molecular formula is C10H9ClFNO. The number of methoxy groups -OCH3 is 1. The van der Waals surface area contributed by atoms with Crippen molar-refractivity contribution < 1.29 is 9.13 Å². The fourth-order valence-corrected chi connectivity index (χ4v) is 1.69. The molecule has 0 saturated heterocycles. The molecule has 0 aliphatic heterocycles. The monoisotopic (exact) mass is 213 g/mol. The van der Waals surface area contributed by atoms with E-state index in [1.165, 1.54) is 7.11 Å². The van der Waals surface area contributed by atoms with Crippen molar-refractivity contribution in [2.24, 2.45) is 0 Å². The molecule has 2 rings (SSSR count). The van der Waals surface area contributed by atoms with Crippen LogP contribution >= 0.6 is 11.6 Å². The number of fused-ring (bicyclic) bond motifs is 1. The van der Waals surface area contributed by atoms with Gasteiger partial charge in [-0.05, 0) is 17.7 Å². The standard InChI is InChI=1S/C10H9ClFNO/c1-14-8-3-2-7-6(4-11)5-13-10(7)9(8)12/h2-3,5,13H,4H2,1H3. The number of halogens is 2. The third-order valence-electron chi connectivity index (χ3n) is 2.21. The molecule has 1 aromatic heterocycles. The van der Waals surface area contributed by atoms with Crippen LogP contribution in [0.1, 0.15) is 5.56 Å². The first kappa shape index (κ1) is 9.34. The quantitative estimate of drug-likeness (QED) is 0.762. The van der Waals surface area contributed by atoms with Gasteiger partial charge in [-0.1, -0.05) is 0 Å². The van der Waals surface area contributed by atoms with Crippen molar-refractivity contribution >= 4 is 22.5 Å². The lowest BCUT2D eigenvalue weighted by Crippen LogP contribution is -1.88. The summed E-state index contributed by atoms with van der Waals surface area (Å²) in [5.41, 5.74) is 1.34. The lowest BCUT2D eigenvalue weighted by atomic mass is 10.2. The van der Waals surface area contributed by atoms with E-state index >= 15 is 0 Å². The van der Waals surface area contributed by atoms with E-state index in [0.29, 0.717) is 11.4 Å². The van der Waals surface area contributed by atoms with Crippen LogP contribution < -0.4 is 4.74 Å². The van der Waals surface area contributed by atoms with Gasteiger partial charge in [0.05, 0.1) is 12.6 Å². The van der Waals surface area contributed by atoms with Crippen molar-refractivity contribution in [1.82, 2.24) is 4.98 Å². The Labute approximate surface area is 85.6 Å². The predicted molar refractivity (Wildman–Crippen MR) is 54.4 cm³/mol. The van der Waals surface area contributed by atoms with Crippen LogP contribution in [0, 0.1) is 5.82 Å². The molecule has 0 unspecified atom stereocenters. The number of benzene rings is 1. The van der Waals surface area contributed by atoms with E-state index in [2.05, 4.69) is 4.98 Å². The Balaban J connectivity index is 2.72. The van der Waals surface area contributed by atoms with Gasteiger partial charge >= 0.3 is 0 Å². The Morgan fingerprint density at radius 1 is 1.50 bits per heavy atom. The highest BCUT2D eigenvalue weighted by molar-refractivity contribution is 6.18. The molecule has 4 heteroatoms. The molecule has 1 heterocycles. The summed E-state index contributed by atoms with van der Waals surface area (Å²) < 4.78 is 18.5. The van der Waals surface area contributed by atoms with Gasteiger partial charge in [-0.2, -0.15) is 0 Å². The van der Waals surface area contributed by atoms with Crippen LogP contribution in [-0.2, 0) is 5.88 Å². The van der Waals surface area contributed by atoms with E-state index in [0.717, 1.165) is 10.9 Å². The molecule has 1 N–H and O–H groups in total. The summed E-state index contributed by atoms with van der Waals surface area (Å²) in [7, 11) is 1.44. The average Bonchev–Trinajstić information content (AvgIpc) is 2.62. The average molecular weight is 214 g/mol. The van der Waals surface area contributed by atoms with E-state index < -0.39 is 0 Å². The first-order valence-corrected chi connectivity index (χ1v) is 4.69. The Kier molecular flexibility index (Phi) is 2.33. The van der Waals surface area contributed by atoms with Gasteiger partial charge in [0, 0.05) is 17.5 Å². The largest absolute Gasteiger partial charge is 0.494 e. The molecule has 1 aromatic carbocycles. The molecule has 0 saturated carbocycles. The second-order valence-corrected chi connectivity index (χ2v) is 3.22. The Morgan fingerprint density at radius 3 is 2.93 bits per heavy atom. The first-order valence-electron chi connectivity index (χ1n) is 4.16. The van der Waals surface area contributed by atoms with Crippen LogP contribution in [0.25, 0.3) is 10.9 Å². The zero-order valence-corrected chi connectivity index (χ0v) is 8.36. The smallest absolute Gasteiger partial charge is 0.189 e. The van der Waals surface area contributed by atoms with Crippen molar-refractivity contribution in [3.63, 3.8) is 0 Å². The van der Waals surface area contributed by atoms with Crippen molar-refractivity contribution in [2.75, 3.05) is 7.11 Å². The van der Waals surface area contributed by atoms with E-state index in [-0.39, 0.29) is 11.6 Å². The molecule has 0 aliphatic rings. The summed E-state index contributed by atoms with van der Waals surface area (Å²) in [6.45, 7) is 0. The number of H-pyrrole nitrogens is 1. The molecular weight excluding hydrogens is 205 g/mol. The SMILES string of the molecule is COc1ccc2c(CCl)c[nH]c2c1F. The topological polar surface area (TPSA) is 25.0 Å². The Morgan fingerprint density at radius 2 is 2.29 bits per heavy atom. The van der Waals surface area contributed by atoms with Gasteiger partial charge in [0.2, 0.25) is 0 Å². The van der Waals surface area contributed by atoms with E-state index in [1.807, 2.05) is 0 Å². The maximum absolute atomic E-state index is 13.6. The third-order valence-corrected chi connectivity index (χ3v) is 2.50. The number of aromatic amines is 1. The Bertz CT molecular complexity index is 466. The van der Waals surface area contributed by atoms with Gasteiger partial charge in [0.15, 0.2) is 11.6 Å². The lowest BCUT2D eigenvalue weighted by molar-refractivity contribution is 0.388. The molecule has 2 aromatic rings. The summed E-state index contributed by atoms with van der Waals surface area (Å²) in [6, 6.07) is 3.40. The fourth-order valence-electron chi connectivity index (χ4n) is 1.47. The van der Waals surface area contributed by atoms with Crippen molar-refractivity contribution in [3.8, 4) is 5.75 Å². The zero-order valence-electron chi connectivity index (χ0n) is 7.60. The normalized spacial score (nSPS) is 10.8. The minimum absolute atomic E-state index is 0.237. The highest BCUT2D eigenvalue weighted by atomic mass is 35.5. The van der Waals surface area contributed by atoms with Crippen LogP contribution in [0.15, 0.2) is 18.3 Å². The summed E-state index contributed by atoms with van der Waals surface area (Å²) in [4.78, 5) is 2.84. The highest BCUT2D eigenvalue weighted by Gasteiger charge is 2.11. The predicted octanol–water partition coefficient (Wildman–Crippen LogP) is 3.05. The number of alkyl halides is 1. The van der Waals surface area contributed by atoms with Gasteiger partial charge < -0.3 is 9.72 Å². The van der Waals surface area contributed by atoms with E-state index in [1.54, 1.807) is 18.3 Å². The van der Waals surface area contributed by atoms with Gasteiger partial charge in [-0.15, -0.1) is 11.6 Å². The van der Waals surface area contributed by atoms with Crippen LogP contribution in [-0.4, -0.2) is 12.1 Å². The van der Waals surface area contributed by atoms with E-state index in [9.17, 15) is 4.39 Å². The van der Waals surface area contributed by atoms with Gasteiger partial charge in [-0.25, -0.2) is 4.39 Å². The summed E-state index contributed by atoms with van der Waals surface area (Å²) in [5, 5.41) is 0.804. The summed E-state index contributed by atoms with van der Waals surface area (Å²) in [6.07, 6.45) is 1.71. The van der Waals surface area contributed by atoms with Crippen LogP contribution in [0.2, 0.25) is 0 Å². The van der Waals surface area contributed by atoms with Crippen molar-refractivity contribution in [3.05, 3.63) is 29.7 Å². The molecule has 0 spiro atoms. The number of nitrogens with one attached hydrogen (secondary N) is 1. The number of ether oxygens (including phenoxy) is 1. The van der Waals surface area contributed by atoms with Crippen LogP contribution in [0.4, 0.5) is 4.39 Å². The fraction of sp³-hybridized carbons (Fsp3) is 0.200. The number of aromatic nitrogens is 1. The summed E-state index contributed by atoms with van der Waals surface area (Å²) >= 11 is 5.70. The third kappa shape index (κ3) is 1.24. The summed E-state index contributed by atoms with van der Waals surface area (Å²) in [5.74, 6) is 0.230. The van der Waals surface area contributed by atoms with Crippen LogP contribution in [0.3, 0.4) is 0 Å². The number of hydrogen-bond acceptors (Lipinski definition) is 1. The molecule has 0 radical (unpaired) electrons. The lowest BCUT2D eigenvalue weighted by Gasteiger charge is -2.02. The molecule has 0 amide bonds. The second kappa shape index (κ2) is 3.50. The Hall–Kier alpha value is -1.22. The number of rotatable bonds is 2. The van der Waals surface area contributed by atoms with E-state index in [4.69, 9.17) is 16.3 Å². The van der Waals surface area contributed by atoms with Gasteiger partial charge in [0.25, 0.3) is 0 Å². The minimum atomic E-state index is -0.374. The maximum atomic E-state index is 13.6. The molecule has 2 nitrogen and oxygen atoms in total. The molecule has 14 heavy (non-hydrogen) atoms. The molecule has 74 valence electrons.